The van der Waals surface area contributed by atoms with E-state index in [0.29, 0.717) is 5.56 Å². The number of aromatic nitrogens is 1. The van der Waals surface area contributed by atoms with Gasteiger partial charge in [-0.05, 0) is 40.7 Å². The smallest absolute Gasteiger partial charge is 0.253 e. The number of carbonyl (C=O) groups excluding carboxylic acids is 1. The van der Waals surface area contributed by atoms with Gasteiger partial charge in [0.1, 0.15) is 0 Å². The van der Waals surface area contributed by atoms with Crippen molar-refractivity contribution in [3.8, 4) is 0 Å². The van der Waals surface area contributed by atoms with Gasteiger partial charge in [0.05, 0.1) is 11.3 Å². The second-order valence-corrected chi connectivity index (χ2v) is 5.47. The average Bonchev–Trinajstić information content (AvgIpc) is 2.14. The standard InChI is InChI=1S/C13H21N3O/c1-9(2)15-12(17)10-6-11(8-14-7-10)16-13(3,4)5/h6-9,16H,1-5H3,(H,15,17). The largest absolute Gasteiger partial charge is 0.379 e. The Balaban J connectivity index is 2.82. The van der Waals surface area contributed by atoms with Crippen molar-refractivity contribution in [1.82, 2.24) is 10.3 Å². The Morgan fingerprint density at radius 3 is 2.47 bits per heavy atom. The predicted octanol–water partition coefficient (Wildman–Crippen LogP) is 2.43. The molecule has 0 aromatic carbocycles. The molecule has 1 rings (SSSR count). The van der Waals surface area contributed by atoms with Crippen molar-refractivity contribution in [2.24, 2.45) is 0 Å². The second-order valence-electron chi connectivity index (χ2n) is 5.47. The summed E-state index contributed by atoms with van der Waals surface area (Å²) in [4.78, 5) is 15.9. The quantitative estimate of drug-likeness (QED) is 0.846. The number of hydrogen-bond acceptors (Lipinski definition) is 3. The van der Waals surface area contributed by atoms with Gasteiger partial charge in [-0.2, -0.15) is 0 Å². The van der Waals surface area contributed by atoms with Gasteiger partial charge in [-0.1, -0.05) is 0 Å². The van der Waals surface area contributed by atoms with E-state index in [0.717, 1.165) is 5.69 Å². The molecule has 0 fully saturated rings. The average molecular weight is 235 g/mol. The zero-order valence-electron chi connectivity index (χ0n) is 11.2. The molecule has 1 aromatic heterocycles. The molecule has 0 atom stereocenters. The summed E-state index contributed by atoms with van der Waals surface area (Å²) >= 11 is 0. The maximum atomic E-state index is 11.8. The zero-order chi connectivity index (χ0) is 13.1. The van der Waals surface area contributed by atoms with Gasteiger partial charge in [-0.25, -0.2) is 0 Å². The van der Waals surface area contributed by atoms with E-state index in [1.165, 1.54) is 0 Å². The Hall–Kier alpha value is -1.58. The van der Waals surface area contributed by atoms with E-state index in [4.69, 9.17) is 0 Å². The van der Waals surface area contributed by atoms with Gasteiger partial charge in [0.15, 0.2) is 0 Å². The summed E-state index contributed by atoms with van der Waals surface area (Å²) < 4.78 is 0. The highest BCUT2D eigenvalue weighted by atomic mass is 16.1. The summed E-state index contributed by atoms with van der Waals surface area (Å²) in [5.41, 5.74) is 1.39. The van der Waals surface area contributed by atoms with Crippen molar-refractivity contribution < 1.29 is 4.79 Å². The van der Waals surface area contributed by atoms with Gasteiger partial charge < -0.3 is 10.6 Å². The first kappa shape index (κ1) is 13.5. The lowest BCUT2D eigenvalue weighted by atomic mass is 10.1. The van der Waals surface area contributed by atoms with Crippen LogP contribution in [-0.2, 0) is 0 Å². The van der Waals surface area contributed by atoms with Crippen LogP contribution in [-0.4, -0.2) is 22.5 Å². The van der Waals surface area contributed by atoms with Crippen molar-refractivity contribution in [2.45, 2.75) is 46.2 Å². The van der Waals surface area contributed by atoms with Gasteiger partial charge >= 0.3 is 0 Å². The van der Waals surface area contributed by atoms with Crippen LogP contribution < -0.4 is 10.6 Å². The molecule has 2 N–H and O–H groups in total. The first-order valence-electron chi connectivity index (χ1n) is 5.82. The molecule has 0 aliphatic rings. The third-order valence-corrected chi connectivity index (χ3v) is 1.94. The molecule has 0 saturated heterocycles. The maximum Gasteiger partial charge on any atom is 0.253 e. The number of pyridine rings is 1. The molecule has 94 valence electrons. The lowest BCUT2D eigenvalue weighted by Gasteiger charge is -2.22. The topological polar surface area (TPSA) is 54.0 Å². The van der Waals surface area contributed by atoms with Crippen LogP contribution in [0.15, 0.2) is 18.5 Å². The van der Waals surface area contributed by atoms with Gasteiger partial charge in [-0.3, -0.25) is 9.78 Å². The Morgan fingerprint density at radius 1 is 1.29 bits per heavy atom. The van der Waals surface area contributed by atoms with E-state index in [-0.39, 0.29) is 17.5 Å². The van der Waals surface area contributed by atoms with Crippen LogP contribution in [0.5, 0.6) is 0 Å². The summed E-state index contributed by atoms with van der Waals surface area (Å²) in [5, 5.41) is 6.13. The fourth-order valence-electron chi connectivity index (χ4n) is 1.41. The highest BCUT2D eigenvalue weighted by Gasteiger charge is 2.12. The van der Waals surface area contributed by atoms with Crippen LogP contribution in [0.2, 0.25) is 0 Å². The molecule has 0 aliphatic carbocycles. The molecule has 1 aromatic rings. The minimum absolute atomic E-state index is 0.0468. The van der Waals surface area contributed by atoms with E-state index in [2.05, 4.69) is 36.4 Å². The Morgan fingerprint density at radius 2 is 1.94 bits per heavy atom. The first-order chi connectivity index (χ1) is 7.78. The third kappa shape index (κ3) is 4.85. The number of hydrogen-bond donors (Lipinski definition) is 2. The van der Waals surface area contributed by atoms with E-state index in [1.54, 1.807) is 12.4 Å². The molecule has 17 heavy (non-hydrogen) atoms. The fourth-order valence-corrected chi connectivity index (χ4v) is 1.41. The molecular weight excluding hydrogens is 214 g/mol. The SMILES string of the molecule is CC(C)NC(=O)c1cncc(NC(C)(C)C)c1. The molecule has 0 spiro atoms. The van der Waals surface area contributed by atoms with Crippen LogP contribution in [0.25, 0.3) is 0 Å². The molecule has 4 heteroatoms. The number of nitrogens with one attached hydrogen (secondary N) is 2. The minimum atomic E-state index is -0.0925. The molecule has 0 unspecified atom stereocenters. The lowest BCUT2D eigenvalue weighted by molar-refractivity contribution is 0.0943. The van der Waals surface area contributed by atoms with Crippen molar-refractivity contribution in [1.29, 1.82) is 0 Å². The number of amides is 1. The lowest BCUT2D eigenvalue weighted by Crippen LogP contribution is -2.30. The number of anilines is 1. The molecule has 0 bridgehead atoms. The maximum absolute atomic E-state index is 11.8. The monoisotopic (exact) mass is 235 g/mol. The normalized spacial score (nSPS) is 11.4. The summed E-state index contributed by atoms with van der Waals surface area (Å²) in [6.07, 6.45) is 3.29. The van der Waals surface area contributed by atoms with E-state index < -0.39 is 0 Å². The van der Waals surface area contributed by atoms with Crippen LogP contribution in [0.3, 0.4) is 0 Å². The van der Waals surface area contributed by atoms with Crippen LogP contribution in [0, 0.1) is 0 Å². The van der Waals surface area contributed by atoms with Crippen LogP contribution >= 0.6 is 0 Å². The predicted molar refractivity (Wildman–Crippen MR) is 70.2 cm³/mol. The molecular formula is C13H21N3O. The molecule has 1 amide bonds. The summed E-state index contributed by atoms with van der Waals surface area (Å²) in [7, 11) is 0. The van der Waals surface area contributed by atoms with Crippen molar-refractivity contribution in [2.75, 3.05) is 5.32 Å². The number of rotatable bonds is 3. The number of carbonyl (C=O) groups is 1. The van der Waals surface area contributed by atoms with Gasteiger partial charge in [-0.15, -0.1) is 0 Å². The Bertz CT molecular complexity index is 394. The highest BCUT2D eigenvalue weighted by molar-refractivity contribution is 5.94. The third-order valence-electron chi connectivity index (χ3n) is 1.94. The zero-order valence-corrected chi connectivity index (χ0v) is 11.2. The van der Waals surface area contributed by atoms with Crippen molar-refractivity contribution in [3.63, 3.8) is 0 Å². The highest BCUT2D eigenvalue weighted by Crippen LogP contribution is 2.14. The molecule has 1 heterocycles. The van der Waals surface area contributed by atoms with Gasteiger partial charge in [0.25, 0.3) is 5.91 Å². The van der Waals surface area contributed by atoms with Crippen molar-refractivity contribution >= 4 is 11.6 Å². The molecule has 0 aliphatic heterocycles. The summed E-state index contributed by atoms with van der Waals surface area (Å²) in [6, 6.07) is 1.94. The van der Waals surface area contributed by atoms with Crippen LogP contribution in [0.4, 0.5) is 5.69 Å². The van der Waals surface area contributed by atoms with Gasteiger partial charge in [0, 0.05) is 24.0 Å². The molecule has 4 nitrogen and oxygen atoms in total. The second kappa shape index (κ2) is 5.17. The van der Waals surface area contributed by atoms with Gasteiger partial charge in [0.2, 0.25) is 0 Å². The van der Waals surface area contributed by atoms with Crippen LogP contribution in [0.1, 0.15) is 45.0 Å². The van der Waals surface area contributed by atoms with Crippen molar-refractivity contribution in [3.05, 3.63) is 24.0 Å². The fraction of sp³-hybridized carbons (Fsp3) is 0.538. The first-order valence-corrected chi connectivity index (χ1v) is 5.82. The van der Waals surface area contributed by atoms with E-state index in [1.807, 2.05) is 19.9 Å². The van der Waals surface area contributed by atoms with E-state index >= 15 is 0 Å². The Labute approximate surface area is 103 Å². The van der Waals surface area contributed by atoms with E-state index in [9.17, 15) is 4.79 Å². The summed E-state index contributed by atoms with van der Waals surface area (Å²) in [6.45, 7) is 10.1. The minimum Gasteiger partial charge on any atom is -0.379 e. The molecule has 0 radical (unpaired) electrons. The Kier molecular flexibility index (Phi) is 4.10. The number of nitrogens with zero attached hydrogens (tertiary/aromatic N) is 1. The summed E-state index contributed by atoms with van der Waals surface area (Å²) in [5.74, 6) is -0.0925. The molecule has 0 saturated carbocycles.